The molecule has 1 aromatic rings. The summed E-state index contributed by atoms with van der Waals surface area (Å²) >= 11 is 4.14. The van der Waals surface area contributed by atoms with Gasteiger partial charge in [0.15, 0.2) is 11.5 Å². The van der Waals surface area contributed by atoms with E-state index >= 15 is 0 Å². The number of phenolic OH excluding ortho intramolecular Hbond substituents is 1. The van der Waals surface area contributed by atoms with Crippen LogP contribution in [0.3, 0.4) is 0 Å². The van der Waals surface area contributed by atoms with Gasteiger partial charge in [0.05, 0.1) is 3.57 Å². The summed E-state index contributed by atoms with van der Waals surface area (Å²) in [4.78, 5) is 10.6. The normalized spacial score (nSPS) is 10.4. The fourth-order valence-corrected chi connectivity index (χ4v) is 3.32. The molecule has 1 aromatic carbocycles. The van der Waals surface area contributed by atoms with Crippen molar-refractivity contribution in [1.82, 2.24) is 0 Å². The highest BCUT2D eigenvalue weighted by Crippen LogP contribution is 2.41. The molecule has 0 aliphatic carbocycles. The van der Waals surface area contributed by atoms with E-state index in [4.69, 9.17) is 5.11 Å². The molecule has 94 valence electrons. The van der Waals surface area contributed by atoms with Crippen LogP contribution in [0.2, 0.25) is 0 Å². The number of carboxylic acid groups (broad SMARTS) is 1. The van der Waals surface area contributed by atoms with Gasteiger partial charge in [0.1, 0.15) is 0 Å². The van der Waals surface area contributed by atoms with Gasteiger partial charge in [-0.2, -0.15) is 0 Å². The number of rotatable bonds is 3. The predicted octanol–water partition coefficient (Wildman–Crippen LogP) is 3.78. The van der Waals surface area contributed by atoms with Crippen LogP contribution >= 0.6 is 45.2 Å². The number of benzene rings is 1. The molecule has 1 rings (SSSR count). The largest absolute Gasteiger partial charge is 0.511 e. The lowest BCUT2D eigenvalue weighted by Crippen LogP contribution is -2.08. The lowest BCUT2D eigenvalue weighted by molar-refractivity contribution is 0.142. The van der Waals surface area contributed by atoms with Gasteiger partial charge in [0, 0.05) is 9.13 Å². The second-order valence-corrected chi connectivity index (χ2v) is 5.50. The Morgan fingerprint density at radius 3 is 2.12 bits per heavy atom. The summed E-state index contributed by atoms with van der Waals surface area (Å²) < 4.78 is 6.23. The van der Waals surface area contributed by atoms with E-state index in [1.807, 2.05) is 36.4 Å². The standard InChI is InChI=1S/C11H12I2O4/c1-3-5-6(4-2)9(14)10(17-11(15)16)8(13)7(5)12/h14H,3-4H2,1-2H3,(H,15,16). The molecule has 0 aliphatic rings. The molecule has 17 heavy (non-hydrogen) atoms. The summed E-state index contributed by atoms with van der Waals surface area (Å²) in [5.74, 6) is -0.0203. The highest BCUT2D eigenvalue weighted by molar-refractivity contribution is 14.1. The van der Waals surface area contributed by atoms with Crippen molar-refractivity contribution in [3.05, 3.63) is 18.3 Å². The van der Waals surface area contributed by atoms with Crippen LogP contribution in [0.5, 0.6) is 11.5 Å². The Bertz CT molecular complexity index is 458. The summed E-state index contributed by atoms with van der Waals surface area (Å²) in [5, 5.41) is 18.7. The molecule has 0 amide bonds. The maximum atomic E-state index is 10.6. The number of phenols is 1. The Labute approximate surface area is 127 Å². The molecule has 6 heteroatoms. The van der Waals surface area contributed by atoms with Crippen LogP contribution in [0.4, 0.5) is 4.79 Å². The van der Waals surface area contributed by atoms with Crippen molar-refractivity contribution in [3.8, 4) is 11.5 Å². The fraction of sp³-hybridized carbons (Fsp3) is 0.364. The Hall–Kier alpha value is -0.250. The quantitative estimate of drug-likeness (QED) is 0.408. The summed E-state index contributed by atoms with van der Waals surface area (Å²) in [6.07, 6.45) is 0.0105. The van der Waals surface area contributed by atoms with E-state index in [9.17, 15) is 9.90 Å². The maximum absolute atomic E-state index is 10.6. The summed E-state index contributed by atoms with van der Waals surface area (Å²) in [5.41, 5.74) is 1.81. The van der Waals surface area contributed by atoms with Crippen LogP contribution in [0.25, 0.3) is 0 Å². The molecule has 0 heterocycles. The van der Waals surface area contributed by atoms with Crippen LogP contribution in [0.1, 0.15) is 25.0 Å². The molecule has 0 saturated carbocycles. The molecule has 0 spiro atoms. The molecule has 0 radical (unpaired) electrons. The minimum atomic E-state index is -1.42. The second-order valence-electron chi connectivity index (χ2n) is 3.34. The lowest BCUT2D eigenvalue weighted by Gasteiger charge is -2.16. The van der Waals surface area contributed by atoms with E-state index in [-0.39, 0.29) is 11.5 Å². The molecule has 0 aliphatic heterocycles. The SMILES string of the molecule is CCc1c(O)c(OC(=O)O)c(I)c(I)c1CC. The first-order valence-electron chi connectivity index (χ1n) is 5.06. The zero-order chi connectivity index (χ0) is 13.2. The topological polar surface area (TPSA) is 66.8 Å². The summed E-state index contributed by atoms with van der Waals surface area (Å²) in [6.45, 7) is 3.92. The number of hydrogen-bond donors (Lipinski definition) is 2. The van der Waals surface area contributed by atoms with Gasteiger partial charge in [0.2, 0.25) is 0 Å². The van der Waals surface area contributed by atoms with Gasteiger partial charge < -0.3 is 14.9 Å². The first kappa shape index (κ1) is 14.8. The van der Waals surface area contributed by atoms with E-state index in [1.54, 1.807) is 0 Å². The molecular formula is C11H12I2O4. The van der Waals surface area contributed by atoms with Gasteiger partial charge in [-0.05, 0) is 63.6 Å². The number of aromatic hydroxyl groups is 1. The molecule has 2 N–H and O–H groups in total. The zero-order valence-electron chi connectivity index (χ0n) is 9.38. The average molecular weight is 462 g/mol. The van der Waals surface area contributed by atoms with E-state index in [2.05, 4.69) is 27.3 Å². The smallest absolute Gasteiger partial charge is 0.504 e. The van der Waals surface area contributed by atoms with Crippen LogP contribution in [-0.2, 0) is 12.8 Å². The highest BCUT2D eigenvalue weighted by Gasteiger charge is 2.22. The molecule has 0 fully saturated rings. The summed E-state index contributed by atoms with van der Waals surface area (Å²) in [6, 6.07) is 0. The van der Waals surface area contributed by atoms with E-state index < -0.39 is 6.16 Å². The van der Waals surface area contributed by atoms with Crippen LogP contribution in [0, 0.1) is 7.14 Å². The maximum Gasteiger partial charge on any atom is 0.511 e. The van der Waals surface area contributed by atoms with Crippen molar-refractivity contribution in [1.29, 1.82) is 0 Å². The van der Waals surface area contributed by atoms with E-state index in [0.29, 0.717) is 9.99 Å². The van der Waals surface area contributed by atoms with Crippen LogP contribution in [-0.4, -0.2) is 16.4 Å². The second kappa shape index (κ2) is 6.07. The molecule has 0 atom stereocenters. The van der Waals surface area contributed by atoms with Gasteiger partial charge in [-0.1, -0.05) is 13.8 Å². The highest BCUT2D eigenvalue weighted by atomic mass is 127. The third-order valence-electron chi connectivity index (χ3n) is 2.42. The average Bonchev–Trinajstić information content (AvgIpc) is 2.28. The molecule has 0 bridgehead atoms. The number of ether oxygens (including phenoxy) is 1. The van der Waals surface area contributed by atoms with Crippen LogP contribution in [0.15, 0.2) is 0 Å². The number of halogens is 2. The van der Waals surface area contributed by atoms with Gasteiger partial charge >= 0.3 is 6.16 Å². The molecule has 0 saturated heterocycles. The first-order chi connectivity index (χ1) is 7.93. The Kier molecular flexibility index (Phi) is 5.29. The minimum Gasteiger partial charge on any atom is -0.504 e. The third kappa shape index (κ3) is 2.95. The number of carbonyl (C=O) groups is 1. The van der Waals surface area contributed by atoms with Gasteiger partial charge in [0.25, 0.3) is 0 Å². The monoisotopic (exact) mass is 462 g/mol. The molecule has 0 unspecified atom stereocenters. The van der Waals surface area contributed by atoms with E-state index in [1.165, 1.54) is 0 Å². The van der Waals surface area contributed by atoms with Gasteiger partial charge in [-0.25, -0.2) is 4.79 Å². The lowest BCUT2D eigenvalue weighted by atomic mass is 10.0. The first-order valence-corrected chi connectivity index (χ1v) is 7.22. The predicted molar refractivity (Wildman–Crippen MR) is 80.9 cm³/mol. The van der Waals surface area contributed by atoms with Crippen molar-refractivity contribution >= 4 is 51.3 Å². The Morgan fingerprint density at radius 2 is 1.71 bits per heavy atom. The van der Waals surface area contributed by atoms with Crippen molar-refractivity contribution in [2.45, 2.75) is 26.7 Å². The van der Waals surface area contributed by atoms with Crippen LogP contribution < -0.4 is 4.74 Å². The van der Waals surface area contributed by atoms with Crippen molar-refractivity contribution in [2.75, 3.05) is 0 Å². The minimum absolute atomic E-state index is 0.0385. The Morgan fingerprint density at radius 1 is 1.18 bits per heavy atom. The van der Waals surface area contributed by atoms with Gasteiger partial charge in [-0.3, -0.25) is 0 Å². The van der Waals surface area contributed by atoms with Crippen molar-refractivity contribution in [3.63, 3.8) is 0 Å². The molecule has 4 nitrogen and oxygen atoms in total. The summed E-state index contributed by atoms with van der Waals surface area (Å²) in [7, 11) is 0. The molecule has 0 aromatic heterocycles. The number of hydrogen-bond acceptors (Lipinski definition) is 3. The fourth-order valence-electron chi connectivity index (χ4n) is 1.68. The zero-order valence-corrected chi connectivity index (χ0v) is 13.7. The van der Waals surface area contributed by atoms with E-state index in [0.717, 1.165) is 21.1 Å². The van der Waals surface area contributed by atoms with Gasteiger partial charge in [-0.15, -0.1) is 0 Å². The molecular weight excluding hydrogens is 450 g/mol. The Balaban J connectivity index is 3.52. The third-order valence-corrected chi connectivity index (χ3v) is 5.67. The van der Waals surface area contributed by atoms with Crippen molar-refractivity contribution in [2.24, 2.45) is 0 Å². The van der Waals surface area contributed by atoms with Crippen molar-refractivity contribution < 1.29 is 19.7 Å².